The van der Waals surface area contributed by atoms with Gasteiger partial charge in [-0.2, -0.15) is 0 Å². The molecule has 0 saturated heterocycles. The van der Waals surface area contributed by atoms with Gasteiger partial charge in [0.05, 0.1) is 10.9 Å². The number of nitrogens with zero attached hydrogens (tertiary/aromatic N) is 2. The summed E-state index contributed by atoms with van der Waals surface area (Å²) in [5.74, 6) is -1.21. The number of carboxylic acid groups (broad SMARTS) is 1. The van der Waals surface area contributed by atoms with E-state index < -0.39 is 16.0 Å². The summed E-state index contributed by atoms with van der Waals surface area (Å²) >= 11 is 5.82. The second-order valence-corrected chi connectivity index (χ2v) is 9.46. The first-order chi connectivity index (χ1) is 15.3. The SMILES string of the molecule is O=C([O-])c1ccc(CN(CCCNS(=O)(=O)c2ccc(Cl)cc2)Cc2cccnc2)cc1.[Na+]. The second kappa shape index (κ2) is 13.2. The number of benzene rings is 2. The fourth-order valence-electron chi connectivity index (χ4n) is 3.17. The number of pyridine rings is 1. The summed E-state index contributed by atoms with van der Waals surface area (Å²) in [4.78, 5) is 17.4. The molecule has 1 heterocycles. The number of nitrogens with one attached hydrogen (secondary N) is 1. The number of carboxylic acids is 1. The molecule has 7 nitrogen and oxygen atoms in total. The van der Waals surface area contributed by atoms with Crippen LogP contribution in [-0.4, -0.2) is 37.4 Å². The molecule has 0 radical (unpaired) electrons. The monoisotopic (exact) mass is 495 g/mol. The maximum Gasteiger partial charge on any atom is 1.00 e. The van der Waals surface area contributed by atoms with Crippen LogP contribution in [0.3, 0.4) is 0 Å². The number of hydrogen-bond donors (Lipinski definition) is 1. The number of aromatic carboxylic acids is 1. The van der Waals surface area contributed by atoms with E-state index in [0.717, 1.165) is 11.1 Å². The van der Waals surface area contributed by atoms with Gasteiger partial charge in [-0.25, -0.2) is 13.1 Å². The number of hydrogen-bond acceptors (Lipinski definition) is 6. The van der Waals surface area contributed by atoms with Gasteiger partial charge in [-0.1, -0.05) is 41.9 Å². The molecule has 0 aliphatic rings. The summed E-state index contributed by atoms with van der Waals surface area (Å²) in [6, 6.07) is 16.4. The Morgan fingerprint density at radius 3 is 2.27 bits per heavy atom. The molecule has 0 amide bonds. The molecule has 0 atom stereocenters. The molecule has 0 bridgehead atoms. The van der Waals surface area contributed by atoms with Gasteiger partial charge < -0.3 is 9.90 Å². The average molecular weight is 496 g/mol. The van der Waals surface area contributed by atoms with Crippen molar-refractivity contribution in [2.24, 2.45) is 0 Å². The Kier molecular flexibility index (Phi) is 11.0. The molecule has 2 aromatic carbocycles. The Morgan fingerprint density at radius 1 is 1.00 bits per heavy atom. The standard InChI is InChI=1S/C23H24ClN3O4S.Na/c24-21-8-10-22(11-9-21)32(30,31)26-13-2-14-27(17-19-3-1-12-25-15-19)16-18-4-6-20(7-5-18)23(28)29;/h1,3-12,15,26H,2,13-14,16-17H2,(H,28,29);/q;+1/p-1. The topological polar surface area (TPSA) is 102 Å². The molecule has 0 fully saturated rings. The van der Waals surface area contributed by atoms with E-state index in [1.165, 1.54) is 36.4 Å². The zero-order valence-corrected chi connectivity index (χ0v) is 21.8. The number of rotatable bonds is 11. The molecule has 0 saturated carbocycles. The third kappa shape index (κ3) is 8.83. The van der Waals surface area contributed by atoms with E-state index in [1.807, 2.05) is 12.1 Å². The normalized spacial score (nSPS) is 11.2. The number of carbonyl (C=O) groups excluding carboxylic acids is 1. The molecule has 0 aliphatic heterocycles. The first kappa shape index (κ1) is 27.5. The van der Waals surface area contributed by atoms with Gasteiger partial charge in [0.25, 0.3) is 0 Å². The summed E-state index contributed by atoms with van der Waals surface area (Å²) in [6.07, 6.45) is 4.08. The van der Waals surface area contributed by atoms with Crippen molar-refractivity contribution in [2.45, 2.75) is 24.4 Å². The fraction of sp³-hybridized carbons (Fsp3) is 0.217. The number of carbonyl (C=O) groups is 1. The van der Waals surface area contributed by atoms with Gasteiger partial charge in [0.1, 0.15) is 0 Å². The van der Waals surface area contributed by atoms with Crippen molar-refractivity contribution >= 4 is 27.6 Å². The molecule has 168 valence electrons. The van der Waals surface area contributed by atoms with Crippen LogP contribution in [-0.2, 0) is 23.1 Å². The zero-order chi connectivity index (χ0) is 23.0. The predicted octanol–water partition coefficient (Wildman–Crippen LogP) is -0.527. The summed E-state index contributed by atoms with van der Waals surface area (Å²) in [5.41, 5.74) is 2.10. The van der Waals surface area contributed by atoms with Gasteiger partial charge >= 0.3 is 29.6 Å². The van der Waals surface area contributed by atoms with E-state index in [0.29, 0.717) is 31.1 Å². The molecule has 3 rings (SSSR count). The minimum atomic E-state index is -3.60. The van der Waals surface area contributed by atoms with Crippen molar-refractivity contribution in [3.05, 3.63) is 94.8 Å². The summed E-state index contributed by atoms with van der Waals surface area (Å²) in [5, 5.41) is 11.4. The maximum atomic E-state index is 12.4. The predicted molar refractivity (Wildman–Crippen MR) is 120 cm³/mol. The smallest absolute Gasteiger partial charge is 0.545 e. The van der Waals surface area contributed by atoms with Crippen LogP contribution in [0, 0.1) is 0 Å². The summed E-state index contributed by atoms with van der Waals surface area (Å²) < 4.78 is 27.5. The largest absolute Gasteiger partial charge is 1.00 e. The van der Waals surface area contributed by atoms with Crippen LogP contribution in [0.2, 0.25) is 5.02 Å². The van der Waals surface area contributed by atoms with E-state index in [-0.39, 0.29) is 46.6 Å². The minimum Gasteiger partial charge on any atom is -0.545 e. The van der Waals surface area contributed by atoms with E-state index >= 15 is 0 Å². The van der Waals surface area contributed by atoms with Gasteiger partial charge in [0.2, 0.25) is 10.0 Å². The van der Waals surface area contributed by atoms with Crippen molar-refractivity contribution in [1.82, 2.24) is 14.6 Å². The molecule has 0 spiro atoms. The minimum absolute atomic E-state index is 0. The summed E-state index contributed by atoms with van der Waals surface area (Å²) in [6.45, 7) is 2.10. The number of sulfonamides is 1. The Balaban J connectivity index is 0.00000385. The van der Waals surface area contributed by atoms with E-state index in [2.05, 4.69) is 14.6 Å². The van der Waals surface area contributed by atoms with Crippen molar-refractivity contribution in [1.29, 1.82) is 0 Å². The van der Waals surface area contributed by atoms with E-state index in [4.69, 9.17) is 11.6 Å². The Morgan fingerprint density at radius 2 is 1.67 bits per heavy atom. The van der Waals surface area contributed by atoms with Crippen LogP contribution < -0.4 is 39.4 Å². The third-order valence-electron chi connectivity index (χ3n) is 4.79. The zero-order valence-electron chi connectivity index (χ0n) is 18.3. The molecular weight excluding hydrogens is 473 g/mol. The van der Waals surface area contributed by atoms with Crippen LogP contribution in [0.4, 0.5) is 0 Å². The quantitative estimate of drug-likeness (QED) is 0.283. The van der Waals surface area contributed by atoms with Crippen LogP contribution in [0.1, 0.15) is 27.9 Å². The van der Waals surface area contributed by atoms with Crippen molar-refractivity contribution < 1.29 is 47.9 Å². The first-order valence-corrected chi connectivity index (χ1v) is 11.9. The molecule has 33 heavy (non-hydrogen) atoms. The Bertz CT molecular complexity index is 1130. The van der Waals surface area contributed by atoms with E-state index in [9.17, 15) is 18.3 Å². The second-order valence-electron chi connectivity index (χ2n) is 7.26. The van der Waals surface area contributed by atoms with Crippen molar-refractivity contribution in [3.8, 4) is 0 Å². The Hall–Kier alpha value is -1.78. The van der Waals surface area contributed by atoms with Crippen LogP contribution in [0.25, 0.3) is 0 Å². The average Bonchev–Trinajstić information content (AvgIpc) is 2.78. The van der Waals surface area contributed by atoms with Gasteiger partial charge in [-0.15, -0.1) is 0 Å². The molecule has 0 unspecified atom stereocenters. The maximum absolute atomic E-state index is 12.4. The van der Waals surface area contributed by atoms with Gasteiger partial charge in [0.15, 0.2) is 0 Å². The molecule has 1 N–H and O–H groups in total. The van der Waals surface area contributed by atoms with Crippen LogP contribution in [0.15, 0.2) is 78.0 Å². The fourth-order valence-corrected chi connectivity index (χ4v) is 4.37. The Labute approximate surface area is 221 Å². The molecule has 0 aliphatic carbocycles. The van der Waals surface area contributed by atoms with Crippen LogP contribution in [0.5, 0.6) is 0 Å². The molecular formula is C23H23ClN3NaO4S. The first-order valence-electron chi connectivity index (χ1n) is 10.0. The van der Waals surface area contributed by atoms with Gasteiger partial charge in [-0.3, -0.25) is 9.88 Å². The summed E-state index contributed by atoms with van der Waals surface area (Å²) in [7, 11) is -3.60. The van der Waals surface area contributed by atoms with Crippen LogP contribution >= 0.6 is 11.6 Å². The number of aromatic nitrogens is 1. The van der Waals surface area contributed by atoms with Crippen molar-refractivity contribution in [3.63, 3.8) is 0 Å². The van der Waals surface area contributed by atoms with Gasteiger partial charge in [0, 0.05) is 43.6 Å². The number of halogens is 1. The third-order valence-corrected chi connectivity index (χ3v) is 6.52. The van der Waals surface area contributed by atoms with Crippen molar-refractivity contribution in [2.75, 3.05) is 13.1 Å². The van der Waals surface area contributed by atoms with E-state index in [1.54, 1.807) is 24.5 Å². The molecule has 3 aromatic rings. The molecule has 10 heteroatoms. The van der Waals surface area contributed by atoms with Gasteiger partial charge in [-0.05, 0) is 53.4 Å². The molecule has 1 aromatic heterocycles.